The number of rotatable bonds is 5. The molecule has 0 atom stereocenters. The maximum absolute atomic E-state index is 12.1. The molecule has 1 rings (SSSR count). The van der Waals surface area contributed by atoms with Crippen LogP contribution < -0.4 is 5.32 Å². The van der Waals surface area contributed by atoms with E-state index < -0.39 is 15.6 Å². The van der Waals surface area contributed by atoms with Crippen LogP contribution in [0.15, 0.2) is 4.34 Å². The number of hydrogen-bond acceptors (Lipinski definition) is 7. The number of nitrogens with zero attached hydrogens (tertiary/aromatic N) is 3. The van der Waals surface area contributed by atoms with Crippen LogP contribution in [0.25, 0.3) is 0 Å². The Hall–Kier alpha value is -1.10. The first-order valence-corrected chi connectivity index (χ1v) is 7.58. The molecule has 1 aromatic rings. The molecule has 1 heterocycles. The van der Waals surface area contributed by atoms with Gasteiger partial charge in [-0.1, -0.05) is 11.3 Å². The summed E-state index contributed by atoms with van der Waals surface area (Å²) in [6, 6.07) is 0. The minimum absolute atomic E-state index is 0.0790. The molecule has 0 saturated heterocycles. The third-order valence-corrected chi connectivity index (χ3v) is 4.92. The van der Waals surface area contributed by atoms with Gasteiger partial charge in [0.05, 0.1) is 5.60 Å². The van der Waals surface area contributed by atoms with Crippen molar-refractivity contribution in [1.29, 1.82) is 0 Å². The molecule has 0 unspecified atom stereocenters. The molecule has 1 amide bonds. The highest BCUT2D eigenvalue weighted by Crippen LogP contribution is 2.23. The van der Waals surface area contributed by atoms with Crippen molar-refractivity contribution in [3.63, 3.8) is 0 Å². The summed E-state index contributed by atoms with van der Waals surface area (Å²) in [6.07, 6.45) is 0. The zero-order valence-electron chi connectivity index (χ0n) is 11.0. The van der Waals surface area contributed by atoms with Crippen molar-refractivity contribution < 1.29 is 18.3 Å². The molecule has 0 aliphatic carbocycles. The first-order valence-electron chi connectivity index (χ1n) is 5.32. The van der Waals surface area contributed by atoms with Crippen molar-refractivity contribution in [3.05, 3.63) is 0 Å². The Balaban J connectivity index is 2.94. The minimum Gasteiger partial charge on any atom is -0.389 e. The van der Waals surface area contributed by atoms with Crippen molar-refractivity contribution in [1.82, 2.24) is 14.5 Å². The van der Waals surface area contributed by atoms with Gasteiger partial charge >= 0.3 is 0 Å². The van der Waals surface area contributed by atoms with Gasteiger partial charge in [0, 0.05) is 20.5 Å². The highest BCUT2D eigenvalue weighted by atomic mass is 32.2. The van der Waals surface area contributed by atoms with Crippen LogP contribution in [0.1, 0.15) is 20.8 Å². The molecule has 2 N–H and O–H groups in total. The molecule has 0 saturated carbocycles. The molecule has 0 aliphatic rings. The van der Waals surface area contributed by atoms with E-state index in [0.29, 0.717) is 0 Å². The molecule has 0 aromatic carbocycles. The van der Waals surface area contributed by atoms with E-state index in [1.54, 1.807) is 0 Å². The lowest BCUT2D eigenvalue weighted by atomic mass is 10.1. The molecule has 0 fully saturated rings. The van der Waals surface area contributed by atoms with Crippen molar-refractivity contribution in [2.75, 3.05) is 18.9 Å². The van der Waals surface area contributed by atoms with Gasteiger partial charge in [-0.05, 0) is 13.8 Å². The van der Waals surface area contributed by atoms with Crippen molar-refractivity contribution >= 4 is 32.4 Å². The average molecular weight is 308 g/mol. The van der Waals surface area contributed by atoms with E-state index in [1.807, 2.05) is 0 Å². The summed E-state index contributed by atoms with van der Waals surface area (Å²) < 4.78 is 25.0. The standard InChI is InChI=1S/C9H16N4O4S2/c1-6(14)10-7-11-12-8(18-7)19(16,17)13(4)5-9(2,3)15/h15H,5H2,1-4H3,(H,10,11,14). The zero-order valence-corrected chi connectivity index (χ0v) is 12.7. The third-order valence-electron chi connectivity index (χ3n) is 1.93. The Bertz CT molecular complexity index is 561. The van der Waals surface area contributed by atoms with Gasteiger partial charge in [-0.25, -0.2) is 8.42 Å². The van der Waals surface area contributed by atoms with Crippen LogP contribution in [-0.4, -0.2) is 53.1 Å². The number of aromatic nitrogens is 2. The van der Waals surface area contributed by atoms with Crippen LogP contribution >= 0.6 is 11.3 Å². The van der Waals surface area contributed by atoms with E-state index in [0.717, 1.165) is 15.6 Å². The summed E-state index contributed by atoms with van der Waals surface area (Å²) in [5.41, 5.74) is -1.16. The molecular formula is C9H16N4O4S2. The van der Waals surface area contributed by atoms with Gasteiger partial charge in [-0.3, -0.25) is 4.79 Å². The lowest BCUT2D eigenvalue weighted by molar-refractivity contribution is -0.114. The number of carbonyl (C=O) groups excluding carboxylic acids is 1. The molecule has 108 valence electrons. The minimum atomic E-state index is -3.82. The van der Waals surface area contributed by atoms with Crippen LogP contribution in [0.5, 0.6) is 0 Å². The molecule has 10 heteroatoms. The molecule has 0 spiro atoms. The second kappa shape index (κ2) is 5.49. The number of nitrogens with one attached hydrogen (secondary N) is 1. The summed E-state index contributed by atoms with van der Waals surface area (Å²) >= 11 is 0.757. The van der Waals surface area contributed by atoms with Crippen molar-refractivity contribution in [3.8, 4) is 0 Å². The van der Waals surface area contributed by atoms with Crippen LogP contribution in [0.4, 0.5) is 5.13 Å². The van der Waals surface area contributed by atoms with Crippen molar-refractivity contribution in [2.24, 2.45) is 0 Å². The number of sulfonamides is 1. The topological polar surface area (TPSA) is 112 Å². The number of aliphatic hydroxyl groups is 1. The summed E-state index contributed by atoms with van der Waals surface area (Å²) in [4.78, 5) is 10.8. The second-order valence-corrected chi connectivity index (χ2v) is 7.82. The van der Waals surface area contributed by atoms with Gasteiger partial charge < -0.3 is 10.4 Å². The highest BCUT2D eigenvalue weighted by molar-refractivity contribution is 7.91. The smallest absolute Gasteiger partial charge is 0.272 e. The fourth-order valence-corrected chi connectivity index (χ4v) is 3.74. The quantitative estimate of drug-likeness (QED) is 0.734. The van der Waals surface area contributed by atoms with E-state index in [4.69, 9.17) is 0 Å². The predicted octanol–water partition coefficient (Wildman–Crippen LogP) is -0.112. The van der Waals surface area contributed by atoms with Gasteiger partial charge in [-0.15, -0.1) is 10.2 Å². The number of amides is 1. The molecule has 8 nitrogen and oxygen atoms in total. The van der Waals surface area contributed by atoms with Gasteiger partial charge in [-0.2, -0.15) is 4.31 Å². The Morgan fingerprint density at radius 3 is 2.53 bits per heavy atom. The van der Waals surface area contributed by atoms with E-state index in [1.165, 1.54) is 27.8 Å². The largest absolute Gasteiger partial charge is 0.389 e. The fraction of sp³-hybridized carbons (Fsp3) is 0.667. The van der Waals surface area contributed by atoms with Gasteiger partial charge in [0.1, 0.15) is 0 Å². The summed E-state index contributed by atoms with van der Waals surface area (Å²) in [6.45, 7) is 4.21. The van der Waals surface area contributed by atoms with E-state index in [2.05, 4.69) is 15.5 Å². The Morgan fingerprint density at radius 2 is 2.05 bits per heavy atom. The second-order valence-electron chi connectivity index (χ2n) is 4.63. The average Bonchev–Trinajstić information content (AvgIpc) is 2.62. The van der Waals surface area contributed by atoms with Crippen LogP contribution in [0.2, 0.25) is 0 Å². The lowest BCUT2D eigenvalue weighted by Crippen LogP contribution is -2.39. The number of hydrogen-bond donors (Lipinski definition) is 2. The highest BCUT2D eigenvalue weighted by Gasteiger charge is 2.29. The number of carbonyl (C=O) groups is 1. The predicted molar refractivity (Wildman–Crippen MR) is 70.3 cm³/mol. The van der Waals surface area contributed by atoms with E-state index >= 15 is 0 Å². The van der Waals surface area contributed by atoms with Crippen LogP contribution in [-0.2, 0) is 14.8 Å². The first kappa shape index (κ1) is 16.0. The Kier molecular flexibility index (Phi) is 4.61. The van der Waals surface area contributed by atoms with Gasteiger partial charge in [0.15, 0.2) is 0 Å². The van der Waals surface area contributed by atoms with Gasteiger partial charge in [0.2, 0.25) is 15.4 Å². The van der Waals surface area contributed by atoms with Crippen LogP contribution in [0, 0.1) is 0 Å². The molecule has 0 radical (unpaired) electrons. The van der Waals surface area contributed by atoms with Gasteiger partial charge in [0.25, 0.3) is 10.0 Å². The molecule has 1 aromatic heterocycles. The van der Waals surface area contributed by atoms with E-state index in [9.17, 15) is 18.3 Å². The Labute approximate surface area is 115 Å². The summed E-state index contributed by atoms with van der Waals surface area (Å²) in [5.74, 6) is -0.357. The van der Waals surface area contributed by atoms with Crippen molar-refractivity contribution in [2.45, 2.75) is 30.7 Å². The normalized spacial score (nSPS) is 12.7. The molecule has 19 heavy (non-hydrogen) atoms. The summed E-state index contributed by atoms with van der Waals surface area (Å²) in [7, 11) is -2.48. The maximum Gasteiger partial charge on any atom is 0.272 e. The lowest BCUT2D eigenvalue weighted by Gasteiger charge is -2.23. The first-order chi connectivity index (χ1) is 8.52. The molecule has 0 aliphatic heterocycles. The zero-order chi connectivity index (χ0) is 14.8. The monoisotopic (exact) mass is 308 g/mol. The summed E-state index contributed by atoms with van der Waals surface area (Å²) in [5, 5.41) is 19.2. The van der Waals surface area contributed by atoms with Crippen LogP contribution in [0.3, 0.4) is 0 Å². The SMILES string of the molecule is CC(=O)Nc1nnc(S(=O)(=O)N(C)CC(C)(C)O)s1. The molecule has 0 bridgehead atoms. The number of anilines is 1. The fourth-order valence-electron chi connectivity index (χ4n) is 1.28. The Morgan fingerprint density at radius 1 is 1.47 bits per heavy atom. The van der Waals surface area contributed by atoms with E-state index in [-0.39, 0.29) is 21.9 Å². The molecular weight excluding hydrogens is 292 g/mol. The third kappa shape index (κ3) is 4.49. The maximum atomic E-state index is 12.1. The number of likely N-dealkylation sites (N-methyl/N-ethyl adjacent to an activating group) is 1.